The first-order valence-electron chi connectivity index (χ1n) is 14.6. The lowest BCUT2D eigenvalue weighted by atomic mass is 9.98. The van der Waals surface area contributed by atoms with Gasteiger partial charge in [0.1, 0.15) is 5.60 Å². The van der Waals surface area contributed by atoms with E-state index in [1.807, 2.05) is 20.8 Å². The van der Waals surface area contributed by atoms with Gasteiger partial charge in [-0.05, 0) is 80.3 Å². The predicted molar refractivity (Wildman–Crippen MR) is 167 cm³/mol. The lowest BCUT2D eigenvalue weighted by Crippen LogP contribution is -2.48. The first-order valence-corrected chi connectivity index (χ1v) is 14.6. The molecule has 3 aromatic rings. The number of hydrogen-bond acceptors (Lipinski definition) is 6. The van der Waals surface area contributed by atoms with Crippen LogP contribution in [0.25, 0.3) is 0 Å². The number of anilines is 1. The SMILES string of the molecule is Cc1ccc(C2=Nc3ccc(C4=Nc5ccc(N6CCN(CCNC(=O)OC(C)(C)C)CC6)cc5C4)cc3C2)cc1. The summed E-state index contributed by atoms with van der Waals surface area (Å²) in [5, 5.41) is 2.86. The van der Waals surface area contributed by atoms with Crippen LogP contribution in [0.15, 0.2) is 70.6 Å². The molecule has 0 radical (unpaired) electrons. The van der Waals surface area contributed by atoms with Gasteiger partial charge in [-0.25, -0.2) is 4.79 Å². The maximum Gasteiger partial charge on any atom is 0.407 e. The Balaban J connectivity index is 1.02. The number of ether oxygens (including phenoxy) is 1. The molecule has 7 nitrogen and oxygen atoms in total. The average Bonchev–Trinajstić information content (AvgIpc) is 3.56. The summed E-state index contributed by atoms with van der Waals surface area (Å²) in [5.74, 6) is 0. The summed E-state index contributed by atoms with van der Waals surface area (Å²) in [6, 6.07) is 21.9. The molecule has 212 valence electrons. The molecule has 3 heterocycles. The molecular formula is C34H39N5O2. The van der Waals surface area contributed by atoms with Gasteiger partial charge in [-0.2, -0.15) is 0 Å². The van der Waals surface area contributed by atoms with Crippen molar-refractivity contribution in [2.45, 2.75) is 46.1 Å². The molecule has 0 atom stereocenters. The van der Waals surface area contributed by atoms with Crippen LogP contribution in [0.3, 0.4) is 0 Å². The summed E-state index contributed by atoms with van der Waals surface area (Å²) in [6.45, 7) is 13.0. The number of rotatable bonds is 6. The molecule has 0 saturated carbocycles. The number of alkyl carbamates (subject to hydrolysis) is 1. The van der Waals surface area contributed by atoms with Gasteiger partial charge >= 0.3 is 6.09 Å². The number of nitrogens with zero attached hydrogens (tertiary/aromatic N) is 4. The molecule has 41 heavy (non-hydrogen) atoms. The van der Waals surface area contributed by atoms with Crippen LogP contribution in [0.1, 0.15) is 48.6 Å². The quantitative estimate of drug-likeness (QED) is 0.410. The molecule has 0 unspecified atom stereocenters. The Morgan fingerprint density at radius 3 is 2.12 bits per heavy atom. The van der Waals surface area contributed by atoms with Crippen LogP contribution in [0.5, 0.6) is 0 Å². The number of hydrogen-bond donors (Lipinski definition) is 1. The number of piperazine rings is 1. The van der Waals surface area contributed by atoms with Crippen LogP contribution in [-0.2, 0) is 17.6 Å². The zero-order chi connectivity index (χ0) is 28.6. The smallest absolute Gasteiger partial charge is 0.407 e. The highest BCUT2D eigenvalue weighted by Gasteiger charge is 2.23. The van der Waals surface area contributed by atoms with E-state index < -0.39 is 5.60 Å². The van der Waals surface area contributed by atoms with E-state index in [1.54, 1.807) is 0 Å². The van der Waals surface area contributed by atoms with Crippen LogP contribution in [0.2, 0.25) is 0 Å². The molecule has 1 N–H and O–H groups in total. The minimum Gasteiger partial charge on any atom is -0.444 e. The Labute approximate surface area is 243 Å². The van der Waals surface area contributed by atoms with Crippen LogP contribution in [0.4, 0.5) is 21.9 Å². The zero-order valence-corrected chi connectivity index (χ0v) is 24.5. The normalized spacial score (nSPS) is 16.6. The van der Waals surface area contributed by atoms with Crippen molar-refractivity contribution in [1.29, 1.82) is 0 Å². The molecule has 0 aromatic heterocycles. The van der Waals surface area contributed by atoms with Crippen LogP contribution in [0, 0.1) is 6.92 Å². The van der Waals surface area contributed by atoms with E-state index in [9.17, 15) is 4.79 Å². The Morgan fingerprint density at radius 1 is 0.829 bits per heavy atom. The second-order valence-electron chi connectivity index (χ2n) is 12.3. The van der Waals surface area contributed by atoms with Crippen LogP contribution in [-0.4, -0.2) is 67.3 Å². The van der Waals surface area contributed by atoms with E-state index in [2.05, 4.69) is 82.7 Å². The largest absolute Gasteiger partial charge is 0.444 e. The van der Waals surface area contributed by atoms with Crippen molar-refractivity contribution < 1.29 is 9.53 Å². The molecule has 7 heteroatoms. The lowest BCUT2D eigenvalue weighted by Gasteiger charge is -2.36. The highest BCUT2D eigenvalue weighted by molar-refractivity contribution is 6.09. The zero-order valence-electron chi connectivity index (χ0n) is 24.5. The van der Waals surface area contributed by atoms with Gasteiger partial charge in [0.15, 0.2) is 0 Å². The number of benzene rings is 3. The summed E-state index contributed by atoms with van der Waals surface area (Å²) in [6.07, 6.45) is 1.36. The van der Waals surface area contributed by atoms with Gasteiger partial charge in [0, 0.05) is 57.8 Å². The third-order valence-corrected chi connectivity index (χ3v) is 7.92. The monoisotopic (exact) mass is 549 g/mol. The highest BCUT2D eigenvalue weighted by Crippen LogP contribution is 2.35. The van der Waals surface area contributed by atoms with Crippen molar-refractivity contribution in [2.24, 2.45) is 9.98 Å². The van der Waals surface area contributed by atoms with Crippen LogP contribution >= 0.6 is 0 Å². The summed E-state index contributed by atoms with van der Waals surface area (Å²) < 4.78 is 5.33. The van der Waals surface area contributed by atoms with Crippen molar-refractivity contribution in [3.63, 3.8) is 0 Å². The first-order chi connectivity index (χ1) is 19.7. The fourth-order valence-electron chi connectivity index (χ4n) is 5.70. The molecule has 6 rings (SSSR count). The Bertz CT molecular complexity index is 1510. The molecule has 1 fully saturated rings. The van der Waals surface area contributed by atoms with Crippen molar-refractivity contribution in [3.05, 3.63) is 88.5 Å². The lowest BCUT2D eigenvalue weighted by molar-refractivity contribution is 0.0521. The summed E-state index contributed by atoms with van der Waals surface area (Å²) in [5.41, 5.74) is 11.4. The number of aliphatic imine (C=N–C) groups is 2. The molecule has 3 aromatic carbocycles. The Kier molecular flexibility index (Phi) is 7.39. The van der Waals surface area contributed by atoms with Gasteiger partial charge in [0.25, 0.3) is 0 Å². The summed E-state index contributed by atoms with van der Waals surface area (Å²) in [4.78, 5) is 26.7. The van der Waals surface area contributed by atoms with E-state index in [-0.39, 0.29) is 6.09 Å². The molecule has 1 amide bonds. The highest BCUT2D eigenvalue weighted by atomic mass is 16.6. The van der Waals surface area contributed by atoms with Crippen molar-refractivity contribution in [1.82, 2.24) is 10.2 Å². The fraction of sp³-hybridized carbons (Fsp3) is 0.382. The number of carbonyl (C=O) groups excluding carboxylic acids is 1. The number of carbonyl (C=O) groups is 1. The third kappa shape index (κ3) is 6.35. The topological polar surface area (TPSA) is 69.5 Å². The maximum absolute atomic E-state index is 11.9. The molecule has 3 aliphatic heterocycles. The summed E-state index contributed by atoms with van der Waals surface area (Å²) in [7, 11) is 0. The second kappa shape index (κ2) is 11.1. The van der Waals surface area contributed by atoms with Crippen molar-refractivity contribution in [2.75, 3.05) is 44.2 Å². The van der Waals surface area contributed by atoms with E-state index in [0.29, 0.717) is 6.54 Å². The Hall–Kier alpha value is -3.97. The van der Waals surface area contributed by atoms with Gasteiger partial charge in [-0.15, -0.1) is 0 Å². The van der Waals surface area contributed by atoms with E-state index in [4.69, 9.17) is 14.7 Å². The van der Waals surface area contributed by atoms with Gasteiger partial charge in [0.05, 0.1) is 22.8 Å². The molecule has 1 saturated heterocycles. The fourth-order valence-corrected chi connectivity index (χ4v) is 5.70. The van der Waals surface area contributed by atoms with Gasteiger partial charge in [-0.3, -0.25) is 14.9 Å². The van der Waals surface area contributed by atoms with E-state index in [0.717, 1.165) is 68.4 Å². The van der Waals surface area contributed by atoms with Gasteiger partial charge in [-0.1, -0.05) is 35.9 Å². The number of nitrogens with one attached hydrogen (secondary N) is 1. The number of aryl methyl sites for hydroxylation is 1. The van der Waals surface area contributed by atoms with Crippen LogP contribution < -0.4 is 10.2 Å². The van der Waals surface area contributed by atoms with E-state index in [1.165, 1.54) is 33.5 Å². The minimum atomic E-state index is -0.473. The van der Waals surface area contributed by atoms with E-state index >= 15 is 0 Å². The average molecular weight is 550 g/mol. The predicted octanol–water partition coefficient (Wildman–Crippen LogP) is 6.00. The minimum absolute atomic E-state index is 0.351. The van der Waals surface area contributed by atoms with Gasteiger partial charge < -0.3 is 15.0 Å². The number of amides is 1. The third-order valence-electron chi connectivity index (χ3n) is 7.92. The standard InChI is InChI=1S/C34H39N5O2/c1-23-5-7-24(8-6-23)31-21-26-19-25(9-11-29(26)36-31)32-22-27-20-28(10-12-30(27)37-32)39-17-15-38(16-18-39)14-13-35-33(40)41-34(2,3)4/h5-12,19-20H,13-18,21-22H2,1-4H3,(H,35,40). The molecular weight excluding hydrogens is 510 g/mol. The van der Waals surface area contributed by atoms with Gasteiger partial charge in [0.2, 0.25) is 0 Å². The number of fused-ring (bicyclic) bond motifs is 2. The maximum atomic E-state index is 11.9. The van der Waals surface area contributed by atoms with Crippen molar-refractivity contribution >= 4 is 34.6 Å². The second-order valence-corrected chi connectivity index (χ2v) is 12.3. The molecule has 0 aliphatic carbocycles. The summed E-state index contributed by atoms with van der Waals surface area (Å²) >= 11 is 0. The Morgan fingerprint density at radius 2 is 1.44 bits per heavy atom. The molecule has 0 spiro atoms. The first kappa shape index (κ1) is 27.2. The van der Waals surface area contributed by atoms with Crippen molar-refractivity contribution in [3.8, 4) is 0 Å². The molecule has 0 bridgehead atoms. The molecule has 3 aliphatic rings.